The van der Waals surface area contributed by atoms with Gasteiger partial charge in [-0.3, -0.25) is 0 Å². The predicted octanol–water partition coefficient (Wildman–Crippen LogP) is 0.984. The minimum absolute atomic E-state index is 0.165. The van der Waals surface area contributed by atoms with E-state index in [2.05, 4.69) is 22.4 Å². The molecule has 8 heteroatoms. The third-order valence-corrected chi connectivity index (χ3v) is 6.01. The molecule has 3 unspecified atom stereocenters. The Morgan fingerprint density at radius 1 is 1.53 bits per heavy atom. The van der Waals surface area contributed by atoms with E-state index in [1.54, 1.807) is 6.92 Å². The van der Waals surface area contributed by atoms with Gasteiger partial charge >= 0.3 is 0 Å². The molecule has 2 heterocycles. The van der Waals surface area contributed by atoms with E-state index in [1.165, 1.54) is 6.26 Å². The lowest BCUT2D eigenvalue weighted by molar-refractivity contribution is 0.337. The van der Waals surface area contributed by atoms with Gasteiger partial charge in [0.15, 0.2) is 15.7 Å². The lowest BCUT2D eigenvalue weighted by Gasteiger charge is -2.15. The summed E-state index contributed by atoms with van der Waals surface area (Å²) >= 11 is 1.84. The zero-order valence-corrected chi connectivity index (χ0v) is 12.9. The minimum atomic E-state index is -3.20. The first-order valence-corrected chi connectivity index (χ1v) is 9.38. The van der Waals surface area contributed by atoms with Gasteiger partial charge in [-0.15, -0.1) is 0 Å². The standard InChI is InChI=1S/C11H19N3O3S2/c1-4-12-9-6-18-5-8(9)11-13-10(14-17-11)7(2)19(3,15)16/h7-9,12H,4-6H2,1-3H3. The number of aromatic nitrogens is 2. The average molecular weight is 305 g/mol. The second kappa shape index (κ2) is 5.80. The van der Waals surface area contributed by atoms with Crippen molar-refractivity contribution in [2.75, 3.05) is 24.3 Å². The number of nitrogens with one attached hydrogen (secondary N) is 1. The van der Waals surface area contributed by atoms with Crippen LogP contribution in [-0.2, 0) is 9.84 Å². The van der Waals surface area contributed by atoms with E-state index in [4.69, 9.17) is 4.52 Å². The van der Waals surface area contributed by atoms with E-state index in [-0.39, 0.29) is 11.7 Å². The first kappa shape index (κ1) is 14.8. The summed E-state index contributed by atoms with van der Waals surface area (Å²) in [6.45, 7) is 4.53. The van der Waals surface area contributed by atoms with E-state index >= 15 is 0 Å². The number of rotatable bonds is 5. The highest BCUT2D eigenvalue weighted by molar-refractivity contribution is 7.99. The smallest absolute Gasteiger partial charge is 0.232 e. The van der Waals surface area contributed by atoms with Crippen LogP contribution in [0.5, 0.6) is 0 Å². The van der Waals surface area contributed by atoms with Gasteiger partial charge in [0.05, 0.1) is 5.92 Å². The van der Waals surface area contributed by atoms with Gasteiger partial charge in [-0.2, -0.15) is 16.7 Å². The average Bonchev–Trinajstić information content (AvgIpc) is 2.94. The van der Waals surface area contributed by atoms with Gasteiger partial charge in [0, 0.05) is 23.8 Å². The molecule has 0 aliphatic carbocycles. The molecule has 1 N–H and O–H groups in total. The van der Waals surface area contributed by atoms with Crippen molar-refractivity contribution in [1.29, 1.82) is 0 Å². The van der Waals surface area contributed by atoms with E-state index in [0.29, 0.717) is 11.9 Å². The highest BCUT2D eigenvalue weighted by Gasteiger charge is 2.34. The van der Waals surface area contributed by atoms with Crippen LogP contribution in [0.3, 0.4) is 0 Å². The monoisotopic (exact) mass is 305 g/mol. The van der Waals surface area contributed by atoms with Crippen LogP contribution in [0, 0.1) is 0 Å². The number of sulfone groups is 1. The Kier molecular flexibility index (Phi) is 4.52. The van der Waals surface area contributed by atoms with Crippen LogP contribution in [0.2, 0.25) is 0 Å². The molecule has 1 saturated heterocycles. The Bertz CT molecular complexity index is 529. The molecule has 1 aliphatic rings. The Hall–Kier alpha value is -0.600. The first-order chi connectivity index (χ1) is 8.93. The van der Waals surface area contributed by atoms with Gasteiger partial charge in [0.2, 0.25) is 5.89 Å². The number of hydrogen-bond donors (Lipinski definition) is 1. The molecule has 1 fully saturated rings. The SMILES string of the molecule is CCNC1CSCC1c1nc(C(C)S(C)(=O)=O)no1. The molecule has 0 spiro atoms. The van der Waals surface area contributed by atoms with Crippen molar-refractivity contribution >= 4 is 21.6 Å². The topological polar surface area (TPSA) is 85.1 Å². The second-order valence-electron chi connectivity index (χ2n) is 4.77. The highest BCUT2D eigenvalue weighted by atomic mass is 32.2. The molecule has 0 amide bonds. The lowest BCUT2D eigenvalue weighted by Crippen LogP contribution is -2.34. The molecule has 0 aromatic carbocycles. The summed E-state index contributed by atoms with van der Waals surface area (Å²) in [6, 6.07) is 0.317. The second-order valence-corrected chi connectivity index (χ2v) is 8.21. The summed E-state index contributed by atoms with van der Waals surface area (Å²) < 4.78 is 28.2. The quantitative estimate of drug-likeness (QED) is 0.868. The molecular formula is C11H19N3O3S2. The Labute approximate surface area is 117 Å². The molecule has 1 aromatic heterocycles. The van der Waals surface area contributed by atoms with E-state index in [9.17, 15) is 8.42 Å². The van der Waals surface area contributed by atoms with Crippen LogP contribution >= 0.6 is 11.8 Å². The van der Waals surface area contributed by atoms with Gasteiger partial charge < -0.3 is 9.84 Å². The van der Waals surface area contributed by atoms with Gasteiger partial charge in [0.25, 0.3) is 0 Å². The van der Waals surface area contributed by atoms with Crippen molar-refractivity contribution in [3.63, 3.8) is 0 Å². The Morgan fingerprint density at radius 3 is 2.89 bits per heavy atom. The Balaban J connectivity index is 2.17. The molecule has 108 valence electrons. The molecule has 0 bridgehead atoms. The molecule has 1 aliphatic heterocycles. The summed E-state index contributed by atoms with van der Waals surface area (Å²) in [5, 5.41) is 6.49. The minimum Gasteiger partial charge on any atom is -0.339 e. The number of nitrogens with zero attached hydrogens (tertiary/aromatic N) is 2. The predicted molar refractivity (Wildman–Crippen MR) is 75.1 cm³/mol. The maximum Gasteiger partial charge on any atom is 0.232 e. The Morgan fingerprint density at radius 2 is 2.26 bits per heavy atom. The van der Waals surface area contributed by atoms with Crippen LogP contribution in [0.4, 0.5) is 0 Å². The van der Waals surface area contributed by atoms with Crippen molar-refractivity contribution in [1.82, 2.24) is 15.5 Å². The summed E-state index contributed by atoms with van der Waals surface area (Å²) in [6.07, 6.45) is 1.18. The van der Waals surface area contributed by atoms with Crippen LogP contribution in [0.25, 0.3) is 0 Å². The fraction of sp³-hybridized carbons (Fsp3) is 0.818. The molecular weight excluding hydrogens is 286 g/mol. The number of likely N-dealkylation sites (N-methyl/N-ethyl adjacent to an activating group) is 1. The van der Waals surface area contributed by atoms with Gasteiger partial charge in [-0.05, 0) is 13.5 Å². The summed E-state index contributed by atoms with van der Waals surface area (Å²) in [4.78, 5) is 4.28. The zero-order chi connectivity index (χ0) is 14.0. The molecule has 19 heavy (non-hydrogen) atoms. The molecule has 2 rings (SSSR count). The first-order valence-electron chi connectivity index (χ1n) is 6.27. The maximum atomic E-state index is 11.5. The molecule has 0 radical (unpaired) electrons. The third-order valence-electron chi connectivity index (χ3n) is 3.33. The normalized spacial score (nSPS) is 25.6. The number of hydrogen-bond acceptors (Lipinski definition) is 7. The van der Waals surface area contributed by atoms with Crippen molar-refractivity contribution < 1.29 is 12.9 Å². The number of thioether (sulfide) groups is 1. The zero-order valence-electron chi connectivity index (χ0n) is 11.3. The van der Waals surface area contributed by atoms with Crippen LogP contribution in [0.15, 0.2) is 4.52 Å². The molecule has 1 aromatic rings. The van der Waals surface area contributed by atoms with E-state index in [0.717, 1.165) is 18.1 Å². The van der Waals surface area contributed by atoms with Crippen molar-refractivity contribution in [2.24, 2.45) is 0 Å². The van der Waals surface area contributed by atoms with Gasteiger partial charge in [-0.1, -0.05) is 12.1 Å². The largest absolute Gasteiger partial charge is 0.339 e. The van der Waals surface area contributed by atoms with Crippen molar-refractivity contribution in [3.8, 4) is 0 Å². The molecule has 0 saturated carbocycles. The molecule has 3 atom stereocenters. The maximum absolute atomic E-state index is 11.5. The molecule has 6 nitrogen and oxygen atoms in total. The van der Waals surface area contributed by atoms with Crippen molar-refractivity contribution in [2.45, 2.75) is 31.1 Å². The van der Waals surface area contributed by atoms with Gasteiger partial charge in [0.1, 0.15) is 5.25 Å². The van der Waals surface area contributed by atoms with E-state index in [1.807, 2.05) is 11.8 Å². The highest BCUT2D eigenvalue weighted by Crippen LogP contribution is 2.32. The van der Waals surface area contributed by atoms with Crippen LogP contribution < -0.4 is 5.32 Å². The van der Waals surface area contributed by atoms with Gasteiger partial charge in [-0.25, -0.2) is 8.42 Å². The fourth-order valence-corrected chi connectivity index (χ4v) is 3.86. The third kappa shape index (κ3) is 3.29. The van der Waals surface area contributed by atoms with Crippen LogP contribution in [-0.4, -0.2) is 48.9 Å². The van der Waals surface area contributed by atoms with Crippen LogP contribution in [0.1, 0.15) is 36.7 Å². The van der Waals surface area contributed by atoms with Crippen molar-refractivity contribution in [3.05, 3.63) is 11.7 Å². The van der Waals surface area contributed by atoms with E-state index < -0.39 is 15.1 Å². The summed E-state index contributed by atoms with van der Waals surface area (Å²) in [5.74, 6) is 2.90. The lowest BCUT2D eigenvalue weighted by atomic mass is 10.0. The summed E-state index contributed by atoms with van der Waals surface area (Å²) in [5.41, 5.74) is 0. The summed E-state index contributed by atoms with van der Waals surface area (Å²) in [7, 11) is -3.20. The fourth-order valence-electron chi connectivity index (χ4n) is 2.02.